The zero-order valence-corrected chi connectivity index (χ0v) is 22.0. The van der Waals surface area contributed by atoms with E-state index >= 15 is 0 Å². The predicted octanol–water partition coefficient (Wildman–Crippen LogP) is 4.68. The summed E-state index contributed by atoms with van der Waals surface area (Å²) in [5.41, 5.74) is 1.01. The molecule has 0 spiro atoms. The normalized spacial score (nSPS) is 15.4. The summed E-state index contributed by atoms with van der Waals surface area (Å²) in [5.74, 6) is 0. The largest absolute Gasteiger partial charge is 0.416 e. The van der Waals surface area contributed by atoms with E-state index in [1.807, 2.05) is 29.2 Å². The van der Waals surface area contributed by atoms with Crippen molar-refractivity contribution in [1.82, 2.24) is 9.80 Å². The lowest BCUT2D eigenvalue weighted by atomic mass is 10.1. The Bertz CT molecular complexity index is 977. The average Bonchev–Trinajstić information content (AvgIpc) is 2.89. The third kappa shape index (κ3) is 9.46. The van der Waals surface area contributed by atoms with Crippen LogP contribution in [0.5, 0.6) is 0 Å². The molecule has 6 nitrogen and oxygen atoms in total. The fourth-order valence-electron chi connectivity index (χ4n) is 4.08. The van der Waals surface area contributed by atoms with Gasteiger partial charge in [0, 0.05) is 55.7 Å². The second-order valence-corrected chi connectivity index (χ2v) is 9.43. The number of rotatable bonds is 7. The topological polar surface area (TPSA) is 67.2 Å². The Balaban J connectivity index is 0.000000616. The maximum Gasteiger partial charge on any atom is 0.416 e. The molecule has 10 heteroatoms. The second kappa shape index (κ2) is 15.8. The highest BCUT2D eigenvalue weighted by Crippen LogP contribution is 2.49. The average molecular weight is 540 g/mol. The number of nitrogens with zero attached hydrogens (tertiary/aromatic N) is 3. The van der Waals surface area contributed by atoms with Gasteiger partial charge in [0.25, 0.3) is 0 Å². The van der Waals surface area contributed by atoms with E-state index in [9.17, 15) is 13.2 Å². The SMILES string of the molecule is C=CC=O.CCO.OCCN1CCN(CCCN2c3ccccc3Sc3ccc(C(F)(F)F)cc32)CC1. The molecule has 0 saturated carbocycles. The van der Waals surface area contributed by atoms with E-state index in [0.29, 0.717) is 25.1 Å². The number of carbonyl (C=O) groups is 1. The molecule has 204 valence electrons. The second-order valence-electron chi connectivity index (χ2n) is 8.35. The number of alkyl halides is 3. The minimum absolute atomic E-state index is 0.186. The van der Waals surface area contributed by atoms with Crippen LogP contribution in [0.3, 0.4) is 0 Å². The summed E-state index contributed by atoms with van der Waals surface area (Å²) >= 11 is 1.53. The number of fused-ring (bicyclic) bond motifs is 2. The molecule has 1 saturated heterocycles. The molecular weight excluding hydrogens is 503 g/mol. The van der Waals surface area contributed by atoms with E-state index in [0.717, 1.165) is 54.6 Å². The summed E-state index contributed by atoms with van der Waals surface area (Å²) in [6.45, 7) is 11.3. The number of hydrogen-bond donors (Lipinski definition) is 2. The first kappa shape index (κ1) is 30.9. The van der Waals surface area contributed by atoms with Crippen LogP contribution in [0.2, 0.25) is 0 Å². The molecule has 0 radical (unpaired) electrons. The number of β-amino-alcohol motifs (C(OH)–C–C–N with tert-alkyl or cyclic N) is 1. The highest BCUT2D eigenvalue weighted by atomic mass is 32.2. The molecule has 0 amide bonds. The van der Waals surface area contributed by atoms with Gasteiger partial charge < -0.3 is 20.0 Å². The summed E-state index contributed by atoms with van der Waals surface area (Å²) < 4.78 is 39.9. The van der Waals surface area contributed by atoms with Gasteiger partial charge in [0.05, 0.1) is 23.5 Å². The number of piperazine rings is 1. The van der Waals surface area contributed by atoms with Crippen LogP contribution in [0.15, 0.2) is 64.9 Å². The monoisotopic (exact) mass is 539 g/mol. The van der Waals surface area contributed by atoms with E-state index in [1.165, 1.54) is 30.0 Å². The highest BCUT2D eigenvalue weighted by molar-refractivity contribution is 7.99. The van der Waals surface area contributed by atoms with Gasteiger partial charge in [-0.3, -0.25) is 9.69 Å². The Hall–Kier alpha value is -2.37. The number of anilines is 2. The number of allylic oxidation sites excluding steroid dienone is 1. The summed E-state index contributed by atoms with van der Waals surface area (Å²) in [4.78, 5) is 17.7. The van der Waals surface area contributed by atoms with E-state index in [2.05, 4.69) is 16.4 Å². The third-order valence-electron chi connectivity index (χ3n) is 5.79. The lowest BCUT2D eigenvalue weighted by Crippen LogP contribution is -2.47. The van der Waals surface area contributed by atoms with Gasteiger partial charge in [0.1, 0.15) is 6.29 Å². The van der Waals surface area contributed by atoms with Gasteiger partial charge in [0.15, 0.2) is 0 Å². The number of carbonyl (C=O) groups excluding carboxylic acids is 1. The number of aliphatic hydroxyl groups excluding tert-OH is 2. The van der Waals surface area contributed by atoms with Crippen molar-refractivity contribution in [3.63, 3.8) is 0 Å². The minimum atomic E-state index is -4.35. The Morgan fingerprint density at radius 3 is 2.08 bits per heavy atom. The van der Waals surface area contributed by atoms with Crippen LogP contribution in [0.25, 0.3) is 0 Å². The van der Waals surface area contributed by atoms with Crippen molar-refractivity contribution in [1.29, 1.82) is 0 Å². The predicted molar refractivity (Wildman–Crippen MR) is 143 cm³/mol. The minimum Gasteiger partial charge on any atom is -0.397 e. The Morgan fingerprint density at radius 1 is 0.946 bits per heavy atom. The van der Waals surface area contributed by atoms with Crippen LogP contribution in [0.1, 0.15) is 18.9 Å². The fraction of sp³-hybridized carbons (Fsp3) is 0.444. The standard InChI is InChI=1S/C22H26F3N3OS.C3H4O.C2H6O/c23-22(24,25)17-6-7-21-19(16-17)28(18-4-1-2-5-20(18)30-21)9-3-8-26-10-12-27(13-11-26)14-15-29;1-2-3-4;1-2-3/h1-2,4-7,16,29H,3,8-15H2;2-3H,1H2;3H,2H2,1H3. The Labute approximate surface area is 221 Å². The summed E-state index contributed by atoms with van der Waals surface area (Å²) in [7, 11) is 0. The van der Waals surface area contributed by atoms with Crippen molar-refractivity contribution >= 4 is 29.4 Å². The first-order valence-corrected chi connectivity index (χ1v) is 13.1. The third-order valence-corrected chi connectivity index (χ3v) is 6.92. The van der Waals surface area contributed by atoms with E-state index < -0.39 is 11.7 Å². The number of halogens is 3. The zero-order chi connectivity index (χ0) is 27.3. The first-order valence-electron chi connectivity index (χ1n) is 12.3. The van der Waals surface area contributed by atoms with Crippen LogP contribution in [-0.4, -0.2) is 85.3 Å². The Kier molecular flexibility index (Phi) is 13.2. The molecule has 2 aliphatic heterocycles. The quantitative estimate of drug-likeness (QED) is 0.391. The molecule has 4 rings (SSSR count). The van der Waals surface area contributed by atoms with Crippen LogP contribution in [0.4, 0.5) is 24.5 Å². The molecule has 2 aromatic carbocycles. The lowest BCUT2D eigenvalue weighted by molar-refractivity contribution is -0.137. The van der Waals surface area contributed by atoms with Crippen molar-refractivity contribution < 1.29 is 28.2 Å². The van der Waals surface area contributed by atoms with E-state index in [4.69, 9.17) is 15.0 Å². The van der Waals surface area contributed by atoms with Crippen molar-refractivity contribution in [2.45, 2.75) is 29.3 Å². The zero-order valence-electron chi connectivity index (χ0n) is 21.2. The van der Waals surface area contributed by atoms with Crippen molar-refractivity contribution in [3.05, 3.63) is 60.7 Å². The molecule has 2 aliphatic rings. The number of aliphatic hydroxyl groups is 2. The summed E-state index contributed by atoms with van der Waals surface area (Å²) in [5, 5.41) is 16.6. The maximum absolute atomic E-state index is 13.3. The van der Waals surface area contributed by atoms with Gasteiger partial charge in [-0.2, -0.15) is 13.2 Å². The van der Waals surface area contributed by atoms with Crippen LogP contribution < -0.4 is 4.90 Å². The molecule has 37 heavy (non-hydrogen) atoms. The molecule has 0 unspecified atom stereocenters. The number of benzene rings is 2. The fourth-order valence-corrected chi connectivity index (χ4v) is 5.15. The van der Waals surface area contributed by atoms with Gasteiger partial charge in [-0.1, -0.05) is 30.5 Å². The Morgan fingerprint density at radius 2 is 1.51 bits per heavy atom. The van der Waals surface area contributed by atoms with Crippen molar-refractivity contribution in [3.8, 4) is 0 Å². The van der Waals surface area contributed by atoms with Gasteiger partial charge in [-0.25, -0.2) is 0 Å². The molecular formula is C27H36F3N3O3S. The molecule has 2 aromatic rings. The van der Waals surface area contributed by atoms with Gasteiger partial charge in [0.2, 0.25) is 0 Å². The first-order chi connectivity index (χ1) is 17.8. The molecule has 0 atom stereocenters. The van der Waals surface area contributed by atoms with Gasteiger partial charge >= 0.3 is 6.18 Å². The van der Waals surface area contributed by atoms with Crippen molar-refractivity contribution in [2.75, 3.05) is 63.9 Å². The molecule has 0 aliphatic carbocycles. The van der Waals surface area contributed by atoms with Gasteiger partial charge in [-0.05, 0) is 56.3 Å². The summed E-state index contributed by atoms with van der Waals surface area (Å²) in [6.07, 6.45) is -1.65. The molecule has 0 bridgehead atoms. The number of para-hydroxylation sites is 1. The highest BCUT2D eigenvalue weighted by Gasteiger charge is 2.33. The molecule has 0 aromatic heterocycles. The molecule has 1 fully saturated rings. The van der Waals surface area contributed by atoms with E-state index in [1.54, 1.807) is 13.0 Å². The number of hydrogen-bond acceptors (Lipinski definition) is 7. The number of aldehydes is 1. The smallest absolute Gasteiger partial charge is 0.397 e. The van der Waals surface area contributed by atoms with E-state index in [-0.39, 0.29) is 13.2 Å². The lowest BCUT2D eigenvalue weighted by Gasteiger charge is -2.36. The van der Waals surface area contributed by atoms with Crippen molar-refractivity contribution in [2.24, 2.45) is 0 Å². The van der Waals surface area contributed by atoms with Crippen LogP contribution in [-0.2, 0) is 11.0 Å². The maximum atomic E-state index is 13.3. The summed E-state index contributed by atoms with van der Waals surface area (Å²) in [6, 6.07) is 11.9. The molecule has 2 heterocycles. The van der Waals surface area contributed by atoms with Crippen LogP contribution in [0, 0.1) is 0 Å². The van der Waals surface area contributed by atoms with Crippen LogP contribution >= 0.6 is 11.8 Å². The van der Waals surface area contributed by atoms with Gasteiger partial charge in [-0.15, -0.1) is 0 Å². The molecule has 2 N–H and O–H groups in total.